The van der Waals surface area contributed by atoms with Crippen LogP contribution in [0.4, 0.5) is 10.2 Å². The van der Waals surface area contributed by atoms with Gasteiger partial charge in [-0.3, -0.25) is 0 Å². The summed E-state index contributed by atoms with van der Waals surface area (Å²) in [7, 11) is 0. The summed E-state index contributed by atoms with van der Waals surface area (Å²) in [5.41, 5.74) is -0.00741. The lowest BCUT2D eigenvalue weighted by Crippen LogP contribution is -2.51. The van der Waals surface area contributed by atoms with Gasteiger partial charge in [0, 0.05) is 36.1 Å². The first-order valence-corrected chi connectivity index (χ1v) is 12.3. The Hall–Kier alpha value is -3.49. The zero-order valence-corrected chi connectivity index (χ0v) is 20.3. The van der Waals surface area contributed by atoms with Crippen molar-refractivity contribution in [3.8, 4) is 22.9 Å². The van der Waals surface area contributed by atoms with Crippen LogP contribution in [-0.4, -0.2) is 57.6 Å². The van der Waals surface area contributed by atoms with Crippen molar-refractivity contribution in [1.29, 1.82) is 0 Å². The van der Waals surface area contributed by atoms with Crippen molar-refractivity contribution < 1.29 is 19.3 Å². The van der Waals surface area contributed by atoms with E-state index in [1.807, 2.05) is 30.3 Å². The van der Waals surface area contributed by atoms with Crippen molar-refractivity contribution in [3.05, 3.63) is 54.3 Å². The Morgan fingerprint density at radius 1 is 1.03 bits per heavy atom. The number of aromatic hydroxyl groups is 1. The maximum absolute atomic E-state index is 16.3. The number of hydrogen-bond acceptors (Lipinski definition) is 7. The van der Waals surface area contributed by atoms with Gasteiger partial charge in [0.05, 0.1) is 5.60 Å². The maximum Gasteiger partial charge on any atom is 0.319 e. The summed E-state index contributed by atoms with van der Waals surface area (Å²) in [6, 6.07) is 15.2. The summed E-state index contributed by atoms with van der Waals surface area (Å²) >= 11 is 0. The minimum Gasteiger partial charge on any atom is -0.508 e. The third kappa shape index (κ3) is 4.20. The molecule has 1 aromatic heterocycles. The SMILES string of the molecule is CC(C)(O)COc1nc(N2CC3CCC(C2)N3)c2ccc(-c3cc(O)cc4ccccc34)c(F)c2n1. The van der Waals surface area contributed by atoms with E-state index in [2.05, 4.69) is 20.2 Å². The van der Waals surface area contributed by atoms with Crippen molar-refractivity contribution in [1.82, 2.24) is 15.3 Å². The molecule has 7 nitrogen and oxygen atoms in total. The largest absolute Gasteiger partial charge is 0.508 e. The van der Waals surface area contributed by atoms with Crippen LogP contribution in [0, 0.1) is 5.82 Å². The molecule has 4 aromatic rings. The standard InChI is InChI=1S/C28H29FN4O3/c1-28(2,35)15-36-27-31-25-22(26(32-27)33-13-17-7-8-18(14-33)30-17)10-9-21(24(25)29)23-12-19(34)11-16-5-3-4-6-20(16)23/h3-6,9-12,17-18,30,34-35H,7-8,13-15H2,1-2H3. The van der Waals surface area contributed by atoms with Crippen LogP contribution >= 0.6 is 0 Å². The molecule has 0 spiro atoms. The predicted octanol–water partition coefficient (Wildman–Crippen LogP) is 4.39. The average Bonchev–Trinajstić information content (AvgIpc) is 3.19. The summed E-state index contributed by atoms with van der Waals surface area (Å²) in [4.78, 5) is 11.3. The summed E-state index contributed by atoms with van der Waals surface area (Å²) in [5, 5.41) is 26.4. The van der Waals surface area contributed by atoms with Gasteiger partial charge < -0.3 is 25.2 Å². The number of anilines is 1. The highest BCUT2D eigenvalue weighted by atomic mass is 19.1. The van der Waals surface area contributed by atoms with Gasteiger partial charge in [-0.25, -0.2) is 4.39 Å². The molecule has 2 fully saturated rings. The average molecular weight is 489 g/mol. The summed E-state index contributed by atoms with van der Waals surface area (Å²) in [6.07, 6.45) is 2.21. The van der Waals surface area contributed by atoms with E-state index in [9.17, 15) is 10.2 Å². The fourth-order valence-electron chi connectivity index (χ4n) is 5.37. The molecule has 6 rings (SSSR count). The number of benzene rings is 3. The topological polar surface area (TPSA) is 90.7 Å². The van der Waals surface area contributed by atoms with Gasteiger partial charge in [0.15, 0.2) is 5.82 Å². The van der Waals surface area contributed by atoms with Crippen molar-refractivity contribution in [3.63, 3.8) is 0 Å². The Kier molecular flexibility index (Phi) is 5.46. The third-order valence-electron chi connectivity index (χ3n) is 6.97. The quantitative estimate of drug-likeness (QED) is 0.384. The van der Waals surface area contributed by atoms with Gasteiger partial charge in [0.2, 0.25) is 0 Å². The van der Waals surface area contributed by atoms with Gasteiger partial charge in [-0.1, -0.05) is 30.3 Å². The highest BCUT2D eigenvalue weighted by molar-refractivity contribution is 6.01. The lowest BCUT2D eigenvalue weighted by Gasteiger charge is -2.34. The molecule has 8 heteroatoms. The van der Waals surface area contributed by atoms with Crippen LogP contribution in [-0.2, 0) is 0 Å². The number of phenols is 1. The number of piperazine rings is 1. The van der Waals surface area contributed by atoms with Crippen LogP contribution in [0.15, 0.2) is 48.5 Å². The van der Waals surface area contributed by atoms with Crippen LogP contribution in [0.3, 0.4) is 0 Å². The first-order valence-electron chi connectivity index (χ1n) is 12.3. The van der Waals surface area contributed by atoms with E-state index in [0.29, 0.717) is 34.4 Å². The van der Waals surface area contributed by atoms with Crippen molar-refractivity contribution in [2.75, 3.05) is 24.6 Å². The number of halogens is 1. The van der Waals surface area contributed by atoms with E-state index in [1.54, 1.807) is 32.0 Å². The molecule has 36 heavy (non-hydrogen) atoms. The Morgan fingerprint density at radius 3 is 2.53 bits per heavy atom. The molecule has 0 saturated carbocycles. The maximum atomic E-state index is 16.3. The van der Waals surface area contributed by atoms with Gasteiger partial charge >= 0.3 is 6.01 Å². The van der Waals surface area contributed by atoms with E-state index >= 15 is 4.39 Å². The predicted molar refractivity (Wildman–Crippen MR) is 138 cm³/mol. The lowest BCUT2D eigenvalue weighted by molar-refractivity contribution is 0.0251. The molecular weight excluding hydrogens is 459 g/mol. The number of ether oxygens (including phenoxy) is 1. The first kappa shape index (κ1) is 22.9. The smallest absolute Gasteiger partial charge is 0.319 e. The summed E-state index contributed by atoms with van der Waals surface area (Å²) in [6.45, 7) is 4.79. The molecule has 186 valence electrons. The minimum atomic E-state index is -1.09. The molecule has 2 aliphatic rings. The number of aromatic nitrogens is 2. The van der Waals surface area contributed by atoms with Gasteiger partial charge in [-0.05, 0) is 61.2 Å². The van der Waals surface area contributed by atoms with Gasteiger partial charge in [-0.15, -0.1) is 0 Å². The Bertz CT molecular complexity index is 1460. The molecule has 0 amide bonds. The first-order chi connectivity index (χ1) is 17.2. The molecule has 3 aromatic carbocycles. The third-order valence-corrected chi connectivity index (χ3v) is 6.97. The van der Waals surface area contributed by atoms with Crippen LogP contribution in [0.5, 0.6) is 11.8 Å². The Labute approximate surface area is 208 Å². The second-order valence-corrected chi connectivity index (χ2v) is 10.5. The van der Waals surface area contributed by atoms with Gasteiger partial charge in [-0.2, -0.15) is 9.97 Å². The zero-order chi connectivity index (χ0) is 25.0. The van der Waals surface area contributed by atoms with Crippen LogP contribution in [0.25, 0.3) is 32.8 Å². The normalized spacial score (nSPS) is 19.8. The number of fused-ring (bicyclic) bond motifs is 4. The molecule has 3 heterocycles. The van der Waals surface area contributed by atoms with E-state index in [0.717, 1.165) is 36.7 Å². The second-order valence-electron chi connectivity index (χ2n) is 10.5. The summed E-state index contributed by atoms with van der Waals surface area (Å²) in [5.74, 6) is 0.200. The Morgan fingerprint density at radius 2 is 1.78 bits per heavy atom. The number of aliphatic hydroxyl groups is 1. The van der Waals surface area contributed by atoms with Gasteiger partial charge in [0.1, 0.15) is 23.7 Å². The molecule has 2 unspecified atom stereocenters. The fourth-order valence-corrected chi connectivity index (χ4v) is 5.37. The lowest BCUT2D eigenvalue weighted by atomic mass is 9.96. The summed E-state index contributed by atoms with van der Waals surface area (Å²) < 4.78 is 22.0. The van der Waals surface area contributed by atoms with Crippen LogP contribution in [0.2, 0.25) is 0 Å². The monoisotopic (exact) mass is 488 g/mol. The molecule has 2 bridgehead atoms. The number of rotatable bonds is 5. The molecule has 2 aliphatic heterocycles. The molecule has 3 N–H and O–H groups in total. The highest BCUT2D eigenvalue weighted by Crippen LogP contribution is 2.38. The molecule has 2 atom stereocenters. The van der Waals surface area contributed by atoms with E-state index < -0.39 is 11.4 Å². The molecular formula is C28H29FN4O3. The van der Waals surface area contributed by atoms with Crippen molar-refractivity contribution >= 4 is 27.5 Å². The molecule has 0 radical (unpaired) electrons. The van der Waals surface area contributed by atoms with Crippen molar-refractivity contribution in [2.45, 2.75) is 44.4 Å². The van der Waals surface area contributed by atoms with E-state index in [1.165, 1.54) is 0 Å². The number of nitrogens with zero attached hydrogens (tertiary/aromatic N) is 3. The molecule has 2 saturated heterocycles. The minimum absolute atomic E-state index is 0.0245. The van der Waals surface area contributed by atoms with Crippen LogP contribution in [0.1, 0.15) is 26.7 Å². The fraction of sp³-hybridized carbons (Fsp3) is 0.357. The van der Waals surface area contributed by atoms with Crippen molar-refractivity contribution in [2.24, 2.45) is 0 Å². The zero-order valence-electron chi connectivity index (χ0n) is 20.3. The molecule has 0 aliphatic carbocycles. The van der Waals surface area contributed by atoms with Gasteiger partial charge in [0.25, 0.3) is 0 Å². The Balaban J connectivity index is 1.53. The van der Waals surface area contributed by atoms with Crippen LogP contribution < -0.4 is 15.0 Å². The van der Waals surface area contributed by atoms with E-state index in [4.69, 9.17) is 4.74 Å². The number of nitrogens with one attached hydrogen (secondary N) is 1. The highest BCUT2D eigenvalue weighted by Gasteiger charge is 2.34. The van der Waals surface area contributed by atoms with E-state index in [-0.39, 0.29) is 23.9 Å². The second kappa shape index (κ2) is 8.57. The number of phenolic OH excluding ortho intramolecular Hbond substituents is 1. The number of hydrogen-bond donors (Lipinski definition) is 3.